The zero-order valence-corrected chi connectivity index (χ0v) is 11.4. The van der Waals surface area contributed by atoms with Gasteiger partial charge in [0.2, 0.25) is 0 Å². The van der Waals surface area contributed by atoms with Gasteiger partial charge in [-0.1, -0.05) is 23.7 Å². The second-order valence-electron chi connectivity index (χ2n) is 4.30. The van der Waals surface area contributed by atoms with E-state index in [4.69, 9.17) is 17.3 Å². The third kappa shape index (κ3) is 3.22. The van der Waals surface area contributed by atoms with E-state index < -0.39 is 0 Å². The summed E-state index contributed by atoms with van der Waals surface area (Å²) in [5.74, 6) is -0.0718. The number of benzene rings is 1. The van der Waals surface area contributed by atoms with Crippen molar-refractivity contribution in [1.29, 1.82) is 0 Å². The van der Waals surface area contributed by atoms with E-state index in [-0.39, 0.29) is 12.4 Å². The normalized spacial score (nSPS) is 10.5. The van der Waals surface area contributed by atoms with Crippen molar-refractivity contribution in [2.24, 2.45) is 5.73 Å². The average Bonchev–Trinajstić information content (AvgIpc) is 2.39. The molecule has 0 atom stereocenters. The van der Waals surface area contributed by atoms with Crippen LogP contribution in [0.25, 0.3) is 0 Å². The number of halogens is 2. The van der Waals surface area contributed by atoms with Crippen LogP contribution in [-0.4, -0.2) is 12.0 Å². The molecule has 2 N–H and O–H groups in total. The summed E-state index contributed by atoms with van der Waals surface area (Å²) in [5.41, 5.74) is 6.94. The number of aromatic nitrogens is 1. The topological polar surface area (TPSA) is 42.2 Å². The Hall–Kier alpha value is -1.65. The summed E-state index contributed by atoms with van der Waals surface area (Å²) in [6.45, 7) is 0.685. The lowest BCUT2D eigenvalue weighted by Crippen LogP contribution is -2.20. The molecule has 1 aromatic carbocycles. The van der Waals surface area contributed by atoms with Gasteiger partial charge in [0.05, 0.1) is 0 Å². The number of hydrogen-bond donors (Lipinski definition) is 1. The van der Waals surface area contributed by atoms with E-state index in [0.717, 1.165) is 5.56 Å². The van der Waals surface area contributed by atoms with Crippen LogP contribution in [0.2, 0.25) is 5.02 Å². The molecule has 0 bridgehead atoms. The Morgan fingerprint density at radius 2 is 2.16 bits per heavy atom. The van der Waals surface area contributed by atoms with Crippen molar-refractivity contribution in [3.63, 3.8) is 0 Å². The summed E-state index contributed by atoms with van der Waals surface area (Å²) < 4.78 is 14.1. The highest BCUT2D eigenvalue weighted by atomic mass is 35.5. The SMILES string of the molecule is CN(Cc1cccc(Cl)c1)c1nccc(CN)c1F. The summed E-state index contributed by atoms with van der Waals surface area (Å²) in [4.78, 5) is 5.80. The predicted octanol–water partition coefficient (Wildman–Crippen LogP) is 2.97. The minimum Gasteiger partial charge on any atom is -0.353 e. The molecule has 0 unspecified atom stereocenters. The van der Waals surface area contributed by atoms with Crippen molar-refractivity contribution < 1.29 is 4.39 Å². The lowest BCUT2D eigenvalue weighted by atomic mass is 10.2. The Morgan fingerprint density at radius 3 is 2.84 bits per heavy atom. The van der Waals surface area contributed by atoms with E-state index in [9.17, 15) is 4.39 Å². The van der Waals surface area contributed by atoms with Crippen molar-refractivity contribution in [3.8, 4) is 0 Å². The lowest BCUT2D eigenvalue weighted by Gasteiger charge is -2.19. The Kier molecular flexibility index (Phi) is 4.35. The minimum absolute atomic E-state index is 0.159. The Bertz CT molecular complexity index is 574. The predicted molar refractivity (Wildman–Crippen MR) is 75.6 cm³/mol. The van der Waals surface area contributed by atoms with Crippen molar-refractivity contribution in [3.05, 3.63) is 58.5 Å². The van der Waals surface area contributed by atoms with Crippen LogP contribution in [-0.2, 0) is 13.1 Å². The van der Waals surface area contributed by atoms with Gasteiger partial charge in [-0.05, 0) is 23.8 Å². The Morgan fingerprint density at radius 1 is 1.37 bits per heavy atom. The highest BCUT2D eigenvalue weighted by molar-refractivity contribution is 6.30. The molecule has 3 nitrogen and oxygen atoms in total. The van der Waals surface area contributed by atoms with E-state index in [2.05, 4.69) is 4.98 Å². The van der Waals surface area contributed by atoms with Crippen LogP contribution in [0.5, 0.6) is 0 Å². The molecule has 0 fully saturated rings. The number of nitrogens with two attached hydrogens (primary N) is 1. The molecule has 0 saturated carbocycles. The molecule has 0 saturated heterocycles. The van der Waals surface area contributed by atoms with Gasteiger partial charge in [-0.15, -0.1) is 0 Å². The molecule has 0 aliphatic heterocycles. The summed E-state index contributed by atoms with van der Waals surface area (Å²) in [7, 11) is 1.78. The molecule has 0 aliphatic carbocycles. The first kappa shape index (κ1) is 13.8. The number of nitrogens with zero attached hydrogens (tertiary/aromatic N) is 2. The van der Waals surface area contributed by atoms with Gasteiger partial charge >= 0.3 is 0 Å². The zero-order valence-electron chi connectivity index (χ0n) is 10.6. The van der Waals surface area contributed by atoms with Crippen LogP contribution in [0.15, 0.2) is 36.5 Å². The van der Waals surface area contributed by atoms with Gasteiger partial charge in [-0.2, -0.15) is 0 Å². The summed E-state index contributed by atoms with van der Waals surface area (Å²) in [5, 5.41) is 0.662. The standard InChI is InChI=1S/C14H15ClFN3/c1-19(9-10-3-2-4-12(15)7-10)14-13(16)11(8-17)5-6-18-14/h2-7H,8-9,17H2,1H3. The fourth-order valence-electron chi connectivity index (χ4n) is 1.88. The van der Waals surface area contributed by atoms with Gasteiger partial charge in [0.15, 0.2) is 11.6 Å². The maximum absolute atomic E-state index is 14.1. The lowest BCUT2D eigenvalue weighted by molar-refractivity contribution is 0.598. The Balaban J connectivity index is 2.23. The molecule has 0 radical (unpaired) electrons. The quantitative estimate of drug-likeness (QED) is 0.936. The van der Waals surface area contributed by atoms with Crippen LogP contribution in [0.1, 0.15) is 11.1 Å². The van der Waals surface area contributed by atoms with Crippen LogP contribution in [0.4, 0.5) is 10.2 Å². The summed E-state index contributed by atoms with van der Waals surface area (Å²) in [6.07, 6.45) is 1.56. The molecule has 0 amide bonds. The van der Waals surface area contributed by atoms with Crippen molar-refractivity contribution in [2.75, 3.05) is 11.9 Å². The van der Waals surface area contributed by atoms with E-state index in [1.165, 1.54) is 0 Å². The molecular formula is C14H15ClFN3. The van der Waals surface area contributed by atoms with Crippen molar-refractivity contribution >= 4 is 17.4 Å². The van der Waals surface area contributed by atoms with E-state index in [0.29, 0.717) is 22.9 Å². The molecule has 100 valence electrons. The minimum atomic E-state index is -0.366. The highest BCUT2D eigenvalue weighted by Crippen LogP contribution is 2.20. The third-order valence-electron chi connectivity index (χ3n) is 2.84. The Labute approximate surface area is 116 Å². The average molecular weight is 280 g/mol. The summed E-state index contributed by atoms with van der Waals surface area (Å²) >= 11 is 5.93. The van der Waals surface area contributed by atoms with Gasteiger partial charge < -0.3 is 10.6 Å². The largest absolute Gasteiger partial charge is 0.353 e. The number of anilines is 1. The smallest absolute Gasteiger partial charge is 0.170 e. The fourth-order valence-corrected chi connectivity index (χ4v) is 2.09. The molecule has 0 aliphatic rings. The molecule has 5 heteroatoms. The molecule has 2 aromatic rings. The maximum Gasteiger partial charge on any atom is 0.170 e. The fraction of sp³-hybridized carbons (Fsp3) is 0.214. The van der Waals surface area contributed by atoms with Crippen LogP contribution in [0.3, 0.4) is 0 Å². The molecule has 1 heterocycles. The van der Waals surface area contributed by atoms with Crippen LogP contribution < -0.4 is 10.6 Å². The molecule has 0 spiro atoms. The van der Waals surface area contributed by atoms with Crippen LogP contribution >= 0.6 is 11.6 Å². The van der Waals surface area contributed by atoms with E-state index in [1.807, 2.05) is 18.2 Å². The van der Waals surface area contributed by atoms with Gasteiger partial charge in [0, 0.05) is 36.9 Å². The number of hydrogen-bond acceptors (Lipinski definition) is 3. The second kappa shape index (κ2) is 5.99. The van der Waals surface area contributed by atoms with Crippen LogP contribution in [0, 0.1) is 5.82 Å². The maximum atomic E-state index is 14.1. The van der Waals surface area contributed by atoms with Gasteiger partial charge in [0.1, 0.15) is 0 Å². The van der Waals surface area contributed by atoms with Gasteiger partial charge in [0.25, 0.3) is 0 Å². The molecular weight excluding hydrogens is 265 g/mol. The number of rotatable bonds is 4. The first-order valence-electron chi connectivity index (χ1n) is 5.91. The highest BCUT2D eigenvalue weighted by Gasteiger charge is 2.12. The molecule has 19 heavy (non-hydrogen) atoms. The van der Waals surface area contributed by atoms with Gasteiger partial charge in [-0.25, -0.2) is 9.37 Å². The third-order valence-corrected chi connectivity index (χ3v) is 3.08. The van der Waals surface area contributed by atoms with E-state index in [1.54, 1.807) is 30.3 Å². The molecule has 1 aromatic heterocycles. The van der Waals surface area contributed by atoms with Crippen molar-refractivity contribution in [1.82, 2.24) is 4.98 Å². The molecule has 2 rings (SSSR count). The number of pyridine rings is 1. The van der Waals surface area contributed by atoms with Crippen molar-refractivity contribution in [2.45, 2.75) is 13.1 Å². The van der Waals surface area contributed by atoms with E-state index >= 15 is 0 Å². The monoisotopic (exact) mass is 279 g/mol. The second-order valence-corrected chi connectivity index (χ2v) is 4.73. The first-order valence-corrected chi connectivity index (χ1v) is 6.28. The van der Waals surface area contributed by atoms with Gasteiger partial charge in [-0.3, -0.25) is 0 Å². The zero-order chi connectivity index (χ0) is 13.8. The first-order chi connectivity index (χ1) is 9.11. The summed E-state index contributed by atoms with van der Waals surface area (Å²) in [6, 6.07) is 9.05.